The van der Waals surface area contributed by atoms with Crippen LogP contribution >= 0.6 is 0 Å². The summed E-state index contributed by atoms with van der Waals surface area (Å²) in [6.45, 7) is 10.5. The van der Waals surface area contributed by atoms with E-state index < -0.39 is 29.1 Å². The number of likely N-dealkylation sites (tertiary alicyclic amines) is 1. The fourth-order valence-corrected chi connectivity index (χ4v) is 7.47. The molecule has 0 radical (unpaired) electrons. The molecule has 0 aliphatic carbocycles. The SMILES string of the molecule is C=CCN1C(=O)[C@]2(O[C@H](CC(=O)N3CCC[C@H]3CO)[C@@H](C(C)(C)O)[C@@H]2C)c2cc(N3CCCCC3=O)ccc21. The summed E-state index contributed by atoms with van der Waals surface area (Å²) in [5.41, 5.74) is -0.562. The monoisotopic (exact) mass is 539 g/mol. The average molecular weight is 540 g/mol. The van der Waals surface area contributed by atoms with Crippen molar-refractivity contribution in [2.45, 2.75) is 82.6 Å². The largest absolute Gasteiger partial charge is 0.394 e. The van der Waals surface area contributed by atoms with E-state index in [4.69, 9.17) is 4.74 Å². The van der Waals surface area contributed by atoms with E-state index in [-0.39, 0.29) is 43.3 Å². The standard InChI is InChI=1S/C30H41N3O6/c1-5-13-33-23-12-11-20(31-14-7-6-10-25(31)35)16-22(23)30(28(33)37)19(2)27(29(3,4)38)24(39-30)17-26(36)32-15-8-9-21(32)18-34/h5,11-12,16,19,21,24,27,34,38H,1,6-10,13-15,17-18H2,2-4H3/t19-,21-,24+,27-,30+/m0/s1. The third-order valence-corrected chi connectivity index (χ3v) is 9.20. The van der Waals surface area contributed by atoms with E-state index in [9.17, 15) is 24.6 Å². The molecule has 4 aliphatic rings. The molecular weight excluding hydrogens is 498 g/mol. The Hall–Kier alpha value is -2.75. The quantitative estimate of drug-likeness (QED) is 0.516. The van der Waals surface area contributed by atoms with Crippen molar-refractivity contribution < 1.29 is 29.3 Å². The molecule has 3 saturated heterocycles. The number of aliphatic hydroxyl groups is 2. The van der Waals surface area contributed by atoms with Gasteiger partial charge in [-0.15, -0.1) is 6.58 Å². The smallest absolute Gasteiger partial charge is 0.264 e. The molecule has 9 nitrogen and oxygen atoms in total. The summed E-state index contributed by atoms with van der Waals surface area (Å²) < 4.78 is 6.75. The summed E-state index contributed by atoms with van der Waals surface area (Å²) in [5.74, 6) is -1.31. The zero-order valence-electron chi connectivity index (χ0n) is 23.3. The van der Waals surface area contributed by atoms with Gasteiger partial charge in [0.15, 0.2) is 5.60 Å². The maximum absolute atomic E-state index is 14.3. The molecule has 0 unspecified atom stereocenters. The highest BCUT2D eigenvalue weighted by Gasteiger charge is 2.66. The highest BCUT2D eigenvalue weighted by molar-refractivity contribution is 6.08. The first-order valence-electron chi connectivity index (χ1n) is 14.2. The van der Waals surface area contributed by atoms with Crippen LogP contribution in [0.1, 0.15) is 64.9 Å². The molecule has 0 bridgehead atoms. The lowest BCUT2D eigenvalue weighted by Crippen LogP contribution is -2.46. The number of ether oxygens (including phenoxy) is 1. The van der Waals surface area contributed by atoms with Gasteiger partial charge in [0.05, 0.1) is 36.5 Å². The molecule has 4 aliphatic heterocycles. The number of hydrogen-bond acceptors (Lipinski definition) is 6. The van der Waals surface area contributed by atoms with Crippen LogP contribution in [0.4, 0.5) is 11.4 Å². The summed E-state index contributed by atoms with van der Waals surface area (Å²) in [4.78, 5) is 45.6. The molecule has 39 heavy (non-hydrogen) atoms. The second kappa shape index (κ2) is 10.3. The van der Waals surface area contributed by atoms with Gasteiger partial charge in [-0.1, -0.05) is 13.0 Å². The Morgan fingerprint density at radius 1 is 1.23 bits per heavy atom. The number of nitrogens with zero attached hydrogens (tertiary/aromatic N) is 3. The van der Waals surface area contributed by atoms with E-state index in [2.05, 4.69) is 6.58 Å². The topological polar surface area (TPSA) is 111 Å². The van der Waals surface area contributed by atoms with E-state index >= 15 is 0 Å². The Morgan fingerprint density at radius 3 is 2.67 bits per heavy atom. The van der Waals surface area contributed by atoms with Crippen LogP contribution in [0.5, 0.6) is 0 Å². The van der Waals surface area contributed by atoms with Gasteiger partial charge in [-0.3, -0.25) is 14.4 Å². The number of benzene rings is 1. The van der Waals surface area contributed by atoms with Gasteiger partial charge >= 0.3 is 0 Å². The second-order valence-electron chi connectivity index (χ2n) is 12.0. The maximum Gasteiger partial charge on any atom is 0.264 e. The van der Waals surface area contributed by atoms with Gasteiger partial charge in [-0.05, 0) is 57.7 Å². The highest BCUT2D eigenvalue weighted by atomic mass is 16.5. The third kappa shape index (κ3) is 4.48. The van der Waals surface area contributed by atoms with Crippen molar-refractivity contribution in [3.63, 3.8) is 0 Å². The van der Waals surface area contributed by atoms with Crippen molar-refractivity contribution in [3.05, 3.63) is 36.4 Å². The zero-order valence-corrected chi connectivity index (χ0v) is 23.3. The van der Waals surface area contributed by atoms with E-state index in [1.807, 2.05) is 25.1 Å². The van der Waals surface area contributed by atoms with Crippen LogP contribution in [0, 0.1) is 11.8 Å². The van der Waals surface area contributed by atoms with Crippen molar-refractivity contribution in [2.24, 2.45) is 11.8 Å². The zero-order chi connectivity index (χ0) is 28.1. The number of carbonyl (C=O) groups excluding carboxylic acids is 3. The molecule has 3 amide bonds. The number of piperidine rings is 1. The van der Waals surface area contributed by atoms with Crippen LogP contribution in [0.3, 0.4) is 0 Å². The number of fused-ring (bicyclic) bond motifs is 2. The number of rotatable bonds is 7. The van der Waals surface area contributed by atoms with Crippen LogP contribution in [0.15, 0.2) is 30.9 Å². The average Bonchev–Trinajstić information content (AvgIpc) is 3.55. The number of hydrogen-bond donors (Lipinski definition) is 2. The summed E-state index contributed by atoms with van der Waals surface area (Å²) in [6, 6.07) is 5.42. The van der Waals surface area contributed by atoms with E-state index in [1.165, 1.54) is 0 Å². The normalized spacial score (nSPS) is 30.9. The fraction of sp³-hybridized carbons (Fsp3) is 0.633. The Morgan fingerprint density at radius 2 is 2.00 bits per heavy atom. The molecule has 5 rings (SSSR count). The maximum atomic E-state index is 14.3. The van der Waals surface area contributed by atoms with Gasteiger partial charge < -0.3 is 29.6 Å². The van der Waals surface area contributed by atoms with Gasteiger partial charge in [0, 0.05) is 49.1 Å². The minimum Gasteiger partial charge on any atom is -0.394 e. The fourth-order valence-electron chi connectivity index (χ4n) is 7.47. The highest BCUT2D eigenvalue weighted by Crippen LogP contribution is 2.58. The molecule has 1 spiro atoms. The van der Waals surface area contributed by atoms with Crippen molar-refractivity contribution in [1.29, 1.82) is 0 Å². The van der Waals surface area contributed by atoms with Gasteiger partial charge in [-0.2, -0.15) is 0 Å². The van der Waals surface area contributed by atoms with Crippen molar-refractivity contribution in [1.82, 2.24) is 4.90 Å². The minimum atomic E-state index is -1.41. The molecule has 2 N–H and O–H groups in total. The Balaban J connectivity index is 1.57. The minimum absolute atomic E-state index is 0.00558. The molecular formula is C30H41N3O6. The lowest BCUT2D eigenvalue weighted by atomic mass is 9.70. The first kappa shape index (κ1) is 27.8. The molecule has 1 aromatic rings. The molecule has 0 saturated carbocycles. The number of aliphatic hydroxyl groups excluding tert-OH is 1. The molecule has 1 aromatic carbocycles. The Labute approximate surface area is 230 Å². The second-order valence-corrected chi connectivity index (χ2v) is 12.0. The molecule has 3 fully saturated rings. The first-order valence-corrected chi connectivity index (χ1v) is 14.2. The summed E-state index contributed by atoms with van der Waals surface area (Å²) in [7, 11) is 0. The van der Waals surface area contributed by atoms with Crippen molar-refractivity contribution >= 4 is 29.1 Å². The lowest BCUT2D eigenvalue weighted by molar-refractivity contribution is -0.150. The van der Waals surface area contributed by atoms with Crippen LogP contribution in [-0.4, -0.2) is 76.8 Å². The first-order chi connectivity index (χ1) is 18.5. The van der Waals surface area contributed by atoms with Gasteiger partial charge in [0.2, 0.25) is 11.8 Å². The number of amides is 3. The van der Waals surface area contributed by atoms with E-state index in [0.29, 0.717) is 30.8 Å². The van der Waals surface area contributed by atoms with E-state index in [1.54, 1.807) is 34.6 Å². The molecule has 4 heterocycles. The molecule has 212 valence electrons. The molecule has 5 atom stereocenters. The van der Waals surface area contributed by atoms with Crippen molar-refractivity contribution in [3.8, 4) is 0 Å². The molecule has 0 aromatic heterocycles. The molecule has 9 heteroatoms. The lowest BCUT2D eigenvalue weighted by Gasteiger charge is -2.34. The van der Waals surface area contributed by atoms with Crippen LogP contribution in [0.2, 0.25) is 0 Å². The van der Waals surface area contributed by atoms with Crippen LogP contribution in [0.25, 0.3) is 0 Å². The van der Waals surface area contributed by atoms with Crippen LogP contribution in [-0.2, 0) is 24.7 Å². The predicted molar refractivity (Wildman–Crippen MR) is 147 cm³/mol. The number of carbonyl (C=O) groups is 3. The summed E-state index contributed by atoms with van der Waals surface area (Å²) >= 11 is 0. The van der Waals surface area contributed by atoms with Gasteiger partial charge in [0.1, 0.15) is 0 Å². The van der Waals surface area contributed by atoms with E-state index in [0.717, 1.165) is 31.4 Å². The Bertz CT molecular complexity index is 1160. The summed E-state index contributed by atoms with van der Waals surface area (Å²) in [5, 5.41) is 21.1. The van der Waals surface area contributed by atoms with Crippen molar-refractivity contribution in [2.75, 3.05) is 36.0 Å². The van der Waals surface area contributed by atoms with Gasteiger partial charge in [0.25, 0.3) is 5.91 Å². The number of anilines is 2. The summed E-state index contributed by atoms with van der Waals surface area (Å²) in [6.07, 6.45) is 4.82. The van der Waals surface area contributed by atoms with Gasteiger partial charge in [-0.25, -0.2) is 0 Å². The Kier molecular flexibility index (Phi) is 7.37. The predicted octanol–water partition coefficient (Wildman–Crippen LogP) is 2.73. The van der Waals surface area contributed by atoms with Crippen LogP contribution < -0.4 is 9.80 Å². The third-order valence-electron chi connectivity index (χ3n) is 9.20.